The molecule has 0 saturated carbocycles. The molecule has 1 atom stereocenters. The van der Waals surface area contributed by atoms with Crippen LogP contribution in [0.5, 0.6) is 5.75 Å². The van der Waals surface area contributed by atoms with Crippen molar-refractivity contribution in [2.24, 2.45) is 0 Å². The highest BCUT2D eigenvalue weighted by Gasteiger charge is 2.33. The number of rotatable bonds is 9. The number of anilines is 3. The van der Waals surface area contributed by atoms with Crippen LogP contribution in [-0.4, -0.2) is 35.1 Å². The molecule has 208 valence electrons. The summed E-state index contributed by atoms with van der Waals surface area (Å²) in [7, 11) is 0. The molecule has 1 saturated heterocycles. The van der Waals surface area contributed by atoms with Crippen LogP contribution in [0.1, 0.15) is 30.7 Å². The minimum atomic E-state index is -0.619. The van der Waals surface area contributed by atoms with Crippen molar-refractivity contribution in [3.05, 3.63) is 75.8 Å². The van der Waals surface area contributed by atoms with E-state index in [0.717, 1.165) is 16.5 Å². The molecule has 1 fully saturated rings. The first-order valence-electron chi connectivity index (χ1n) is 12.5. The number of thiazole rings is 1. The van der Waals surface area contributed by atoms with Gasteiger partial charge in [-0.25, -0.2) is 9.97 Å². The topological polar surface area (TPSA) is 139 Å². The highest BCUT2D eigenvalue weighted by Crippen LogP contribution is 2.37. The van der Waals surface area contributed by atoms with E-state index in [0.29, 0.717) is 45.9 Å². The lowest BCUT2D eigenvalue weighted by molar-refractivity contribution is -0.141. The van der Waals surface area contributed by atoms with Gasteiger partial charge in [0.1, 0.15) is 47.0 Å². The van der Waals surface area contributed by atoms with Crippen LogP contribution in [0.2, 0.25) is 5.02 Å². The summed E-state index contributed by atoms with van der Waals surface area (Å²) in [4.78, 5) is 9.02. The smallest absolute Gasteiger partial charge is 0.187 e. The summed E-state index contributed by atoms with van der Waals surface area (Å²) >= 11 is 8.86. The molecule has 3 heterocycles. The number of ether oxygens (including phenoxy) is 3. The summed E-state index contributed by atoms with van der Waals surface area (Å²) in [6.45, 7) is 4.52. The number of aromatic nitrogens is 2. The van der Waals surface area contributed by atoms with Gasteiger partial charge in [0, 0.05) is 27.4 Å². The highest BCUT2D eigenvalue weighted by atomic mass is 35.5. The van der Waals surface area contributed by atoms with Gasteiger partial charge in [0.25, 0.3) is 0 Å². The first-order valence-corrected chi connectivity index (χ1v) is 14.8. The Morgan fingerprint density at radius 2 is 1.95 bits per heavy atom. The number of nitrogens with one attached hydrogen (secondary N) is 1. The van der Waals surface area contributed by atoms with Crippen LogP contribution < -0.4 is 15.8 Å². The number of hydrogen-bond donors (Lipinski definition) is 2. The maximum absolute atomic E-state index is 10.1. The lowest BCUT2D eigenvalue weighted by Crippen LogP contribution is -2.25. The minimum Gasteiger partial charge on any atom is -0.491 e. The monoisotopic (exact) mass is 604 g/mol. The van der Waals surface area contributed by atoms with E-state index in [1.165, 1.54) is 23.1 Å². The number of hydrogen-bond acceptors (Lipinski definition) is 11. The van der Waals surface area contributed by atoms with Gasteiger partial charge in [-0.1, -0.05) is 41.6 Å². The first-order chi connectivity index (χ1) is 19.7. The lowest BCUT2D eigenvalue weighted by Gasteiger charge is -2.17. The van der Waals surface area contributed by atoms with E-state index in [1.807, 2.05) is 37.4 Å². The molecule has 2 aromatic heterocycles. The molecule has 0 unspecified atom stereocenters. The largest absolute Gasteiger partial charge is 0.491 e. The predicted octanol–water partition coefficient (Wildman–Crippen LogP) is 6.75. The zero-order valence-corrected chi connectivity index (χ0v) is 24.6. The fraction of sp³-hybridized carbons (Fsp3) is 0.241. The van der Waals surface area contributed by atoms with Gasteiger partial charge in [0.15, 0.2) is 10.9 Å². The number of nitrogens with zero attached hydrogens (tertiary/aromatic N) is 4. The zero-order chi connectivity index (χ0) is 29.0. The Labute approximate surface area is 250 Å². The number of thioether (sulfide) groups is 1. The van der Waals surface area contributed by atoms with Crippen LogP contribution in [0.25, 0.3) is 11.1 Å². The van der Waals surface area contributed by atoms with E-state index in [-0.39, 0.29) is 23.0 Å². The summed E-state index contributed by atoms with van der Waals surface area (Å²) in [6.07, 6.45) is -0.166. The third-order valence-corrected chi connectivity index (χ3v) is 8.10. The average Bonchev–Trinajstić information content (AvgIpc) is 3.55. The molecule has 0 spiro atoms. The van der Waals surface area contributed by atoms with Gasteiger partial charge in [-0.3, -0.25) is 0 Å². The Morgan fingerprint density at radius 3 is 2.63 bits per heavy atom. The third-order valence-electron chi connectivity index (χ3n) is 6.05. The Kier molecular flexibility index (Phi) is 8.64. The molecule has 1 aliphatic rings. The van der Waals surface area contributed by atoms with Crippen LogP contribution >= 0.6 is 34.7 Å². The van der Waals surface area contributed by atoms with E-state index in [9.17, 15) is 10.5 Å². The molecule has 0 radical (unpaired) electrons. The van der Waals surface area contributed by atoms with Crippen molar-refractivity contribution in [3.8, 4) is 29.0 Å². The minimum absolute atomic E-state index is 0.0620. The zero-order valence-electron chi connectivity index (χ0n) is 22.2. The Hall–Kier alpha value is -3.84. The SMILES string of the molecule is CC1(C)OC[C@H](COc2ccc(-c3c(C#N)c(N)nc(SCc4csc(Nc5cccc(Cl)c5)n4)c3C#N)cc2)O1. The van der Waals surface area contributed by atoms with Gasteiger partial charge < -0.3 is 25.3 Å². The van der Waals surface area contributed by atoms with Crippen LogP contribution in [0.15, 0.2) is 58.9 Å². The fourth-order valence-corrected chi connectivity index (χ4v) is 6.12. The molecule has 12 heteroatoms. The number of nitrogens with two attached hydrogens (primary N) is 1. The second kappa shape index (κ2) is 12.4. The summed E-state index contributed by atoms with van der Waals surface area (Å²) in [5, 5.41) is 26.9. The van der Waals surface area contributed by atoms with Crippen molar-refractivity contribution in [3.63, 3.8) is 0 Å². The van der Waals surface area contributed by atoms with Crippen molar-refractivity contribution in [1.29, 1.82) is 10.5 Å². The molecular weight excluding hydrogens is 580 g/mol. The van der Waals surface area contributed by atoms with Gasteiger partial charge in [-0.2, -0.15) is 10.5 Å². The highest BCUT2D eigenvalue weighted by molar-refractivity contribution is 7.98. The molecule has 0 aliphatic carbocycles. The van der Waals surface area contributed by atoms with Crippen LogP contribution in [0, 0.1) is 22.7 Å². The van der Waals surface area contributed by atoms with Gasteiger partial charge in [-0.15, -0.1) is 11.3 Å². The molecular formula is C29H25ClN6O3S2. The predicted molar refractivity (Wildman–Crippen MR) is 160 cm³/mol. The van der Waals surface area contributed by atoms with Crippen LogP contribution in [0.3, 0.4) is 0 Å². The molecule has 5 rings (SSSR count). The van der Waals surface area contributed by atoms with E-state index in [2.05, 4.69) is 27.4 Å². The Morgan fingerprint density at radius 1 is 1.17 bits per heavy atom. The van der Waals surface area contributed by atoms with E-state index in [1.54, 1.807) is 30.3 Å². The molecule has 2 aromatic carbocycles. The number of benzene rings is 2. The van der Waals surface area contributed by atoms with E-state index in [4.69, 9.17) is 31.5 Å². The quantitative estimate of drug-likeness (QED) is 0.197. The van der Waals surface area contributed by atoms with Gasteiger partial charge in [0.05, 0.1) is 17.9 Å². The van der Waals surface area contributed by atoms with Gasteiger partial charge >= 0.3 is 0 Å². The van der Waals surface area contributed by atoms with Crippen LogP contribution in [-0.2, 0) is 15.2 Å². The number of nitriles is 2. The molecule has 1 aliphatic heterocycles. The number of pyridine rings is 1. The van der Waals surface area contributed by atoms with Gasteiger partial charge in [0.2, 0.25) is 0 Å². The Bertz CT molecular complexity index is 1650. The molecule has 3 N–H and O–H groups in total. The van der Waals surface area contributed by atoms with Crippen LogP contribution in [0.4, 0.5) is 16.6 Å². The summed E-state index contributed by atoms with van der Waals surface area (Å²) in [5.41, 5.74) is 9.36. The molecule has 4 aromatic rings. The standard InChI is InChI=1S/C29H25ClN6O3S2/c1-29(2)38-14-22(39-29)13-37-21-8-6-17(7-9-21)25-23(11-31)26(33)36-27(24(25)12-32)40-15-20-16-41-28(35-20)34-19-5-3-4-18(30)10-19/h3-10,16,22H,13-15H2,1-2H3,(H2,33,36)(H,34,35)/t22-/m0/s1. The number of halogens is 1. The normalized spacial score (nSPS) is 15.7. The van der Waals surface area contributed by atoms with Crippen molar-refractivity contribution < 1.29 is 14.2 Å². The van der Waals surface area contributed by atoms with Gasteiger partial charge in [-0.05, 0) is 49.7 Å². The molecule has 0 amide bonds. The first kappa shape index (κ1) is 28.7. The molecule has 9 nitrogen and oxygen atoms in total. The second-order valence-electron chi connectivity index (χ2n) is 9.50. The fourth-order valence-electron chi connectivity index (χ4n) is 4.21. The van der Waals surface area contributed by atoms with Crippen molar-refractivity contribution in [1.82, 2.24) is 9.97 Å². The second-order valence-corrected chi connectivity index (χ2v) is 11.8. The Balaban J connectivity index is 1.32. The number of nitrogen functional groups attached to an aromatic ring is 1. The summed E-state index contributed by atoms with van der Waals surface area (Å²) < 4.78 is 17.2. The third kappa shape index (κ3) is 6.91. The molecule has 41 heavy (non-hydrogen) atoms. The summed E-state index contributed by atoms with van der Waals surface area (Å²) in [6, 6.07) is 18.9. The lowest BCUT2D eigenvalue weighted by atomic mass is 9.97. The maximum atomic E-state index is 10.1. The maximum Gasteiger partial charge on any atom is 0.187 e. The molecule has 0 bridgehead atoms. The average molecular weight is 605 g/mol. The van der Waals surface area contributed by atoms with Crippen molar-refractivity contribution in [2.45, 2.75) is 36.5 Å². The van der Waals surface area contributed by atoms with E-state index >= 15 is 0 Å². The van der Waals surface area contributed by atoms with Crippen molar-refractivity contribution in [2.75, 3.05) is 24.3 Å². The summed E-state index contributed by atoms with van der Waals surface area (Å²) in [5.74, 6) is 0.524. The van der Waals surface area contributed by atoms with Crippen molar-refractivity contribution >= 4 is 51.3 Å². The van der Waals surface area contributed by atoms with E-state index < -0.39 is 5.79 Å².